The van der Waals surface area contributed by atoms with Gasteiger partial charge in [0, 0.05) is 37.7 Å². The van der Waals surface area contributed by atoms with Gasteiger partial charge in [-0.25, -0.2) is 4.39 Å². The van der Waals surface area contributed by atoms with Gasteiger partial charge in [0.25, 0.3) is 0 Å². The number of carbonyl (C=O) groups excluding carboxylic acids is 1. The van der Waals surface area contributed by atoms with Crippen molar-refractivity contribution in [3.05, 3.63) is 35.1 Å². The number of halogens is 1. The molecular formula is C12H17FN4O2. The Labute approximate surface area is 110 Å². The van der Waals surface area contributed by atoms with E-state index in [0.29, 0.717) is 30.8 Å². The summed E-state index contributed by atoms with van der Waals surface area (Å²) in [7, 11) is 0. The zero-order chi connectivity index (χ0) is 14.3. The molecule has 0 bridgehead atoms. The fourth-order valence-electron chi connectivity index (χ4n) is 1.46. The van der Waals surface area contributed by atoms with Crippen LogP contribution in [0.2, 0.25) is 0 Å². The van der Waals surface area contributed by atoms with Crippen molar-refractivity contribution in [2.45, 2.75) is 13.5 Å². The van der Waals surface area contributed by atoms with Crippen molar-refractivity contribution >= 4 is 11.7 Å². The number of rotatable bonds is 6. The van der Waals surface area contributed by atoms with Gasteiger partial charge in [-0.3, -0.25) is 4.79 Å². The predicted molar refractivity (Wildman–Crippen MR) is 69.3 cm³/mol. The molecule has 1 aromatic rings. The SMILES string of the molecule is CC(=O)NCCNCc1ccc(C(N)=NO)cc1F. The third-order valence-corrected chi connectivity index (χ3v) is 2.45. The quantitative estimate of drug-likeness (QED) is 0.194. The molecule has 0 aromatic heterocycles. The molecule has 0 fully saturated rings. The van der Waals surface area contributed by atoms with Crippen LogP contribution in [0.1, 0.15) is 18.1 Å². The predicted octanol–water partition coefficient (Wildman–Crippen LogP) is 0.146. The number of nitrogens with one attached hydrogen (secondary N) is 2. The van der Waals surface area contributed by atoms with Crippen LogP contribution < -0.4 is 16.4 Å². The van der Waals surface area contributed by atoms with E-state index in [9.17, 15) is 9.18 Å². The van der Waals surface area contributed by atoms with E-state index in [4.69, 9.17) is 10.9 Å². The van der Waals surface area contributed by atoms with Crippen LogP contribution in [-0.4, -0.2) is 30.0 Å². The fraction of sp³-hybridized carbons (Fsp3) is 0.333. The summed E-state index contributed by atoms with van der Waals surface area (Å²) >= 11 is 0. The van der Waals surface area contributed by atoms with Crippen molar-refractivity contribution in [1.82, 2.24) is 10.6 Å². The lowest BCUT2D eigenvalue weighted by Gasteiger charge is -2.07. The van der Waals surface area contributed by atoms with Crippen molar-refractivity contribution < 1.29 is 14.4 Å². The molecule has 19 heavy (non-hydrogen) atoms. The van der Waals surface area contributed by atoms with Gasteiger partial charge in [-0.2, -0.15) is 0 Å². The van der Waals surface area contributed by atoms with Gasteiger partial charge in [0.15, 0.2) is 5.84 Å². The highest BCUT2D eigenvalue weighted by Crippen LogP contribution is 2.10. The van der Waals surface area contributed by atoms with Crippen molar-refractivity contribution in [3.63, 3.8) is 0 Å². The molecule has 0 saturated heterocycles. The number of amidine groups is 1. The number of hydrogen-bond donors (Lipinski definition) is 4. The van der Waals surface area contributed by atoms with E-state index >= 15 is 0 Å². The molecular weight excluding hydrogens is 251 g/mol. The maximum Gasteiger partial charge on any atom is 0.216 e. The van der Waals surface area contributed by atoms with Crippen LogP contribution in [0.25, 0.3) is 0 Å². The monoisotopic (exact) mass is 268 g/mol. The molecule has 0 heterocycles. The lowest BCUT2D eigenvalue weighted by molar-refractivity contribution is -0.118. The standard InChI is InChI=1S/C12H17FN4O2/c1-8(18)16-5-4-15-7-10-3-2-9(6-11(10)13)12(14)17-19/h2-3,6,15,19H,4-5,7H2,1H3,(H2,14,17)(H,16,18). The van der Waals surface area contributed by atoms with Gasteiger partial charge >= 0.3 is 0 Å². The minimum Gasteiger partial charge on any atom is -0.409 e. The second-order valence-electron chi connectivity index (χ2n) is 3.95. The van der Waals surface area contributed by atoms with Gasteiger partial charge in [-0.05, 0) is 6.07 Å². The van der Waals surface area contributed by atoms with Crippen LogP contribution in [0.3, 0.4) is 0 Å². The van der Waals surface area contributed by atoms with Gasteiger partial charge in [0.1, 0.15) is 5.82 Å². The Bertz CT molecular complexity index is 477. The third-order valence-electron chi connectivity index (χ3n) is 2.45. The molecule has 0 radical (unpaired) electrons. The molecule has 0 spiro atoms. The van der Waals surface area contributed by atoms with E-state index in [-0.39, 0.29) is 11.7 Å². The normalized spacial score (nSPS) is 11.4. The average molecular weight is 268 g/mol. The van der Waals surface area contributed by atoms with Gasteiger partial charge in [0.05, 0.1) is 0 Å². The number of carbonyl (C=O) groups is 1. The molecule has 0 saturated carbocycles. The Hall–Kier alpha value is -2.15. The zero-order valence-electron chi connectivity index (χ0n) is 10.6. The highest BCUT2D eigenvalue weighted by molar-refractivity contribution is 5.97. The minimum atomic E-state index is -0.434. The first-order chi connectivity index (χ1) is 9.04. The zero-order valence-corrected chi connectivity index (χ0v) is 10.6. The molecule has 104 valence electrons. The second kappa shape index (κ2) is 7.32. The number of benzene rings is 1. The molecule has 5 N–H and O–H groups in total. The van der Waals surface area contributed by atoms with Crippen LogP contribution in [0.15, 0.2) is 23.4 Å². The number of nitrogens with zero attached hydrogens (tertiary/aromatic N) is 1. The van der Waals surface area contributed by atoms with Crippen molar-refractivity contribution in [2.75, 3.05) is 13.1 Å². The molecule has 1 aromatic carbocycles. The molecule has 0 aliphatic rings. The number of nitrogens with two attached hydrogens (primary N) is 1. The Balaban J connectivity index is 2.49. The summed E-state index contributed by atoms with van der Waals surface area (Å²) in [4.78, 5) is 10.6. The minimum absolute atomic E-state index is 0.101. The largest absolute Gasteiger partial charge is 0.409 e. The Morgan fingerprint density at radius 2 is 2.21 bits per heavy atom. The first-order valence-corrected chi connectivity index (χ1v) is 5.76. The highest BCUT2D eigenvalue weighted by Gasteiger charge is 2.06. The molecule has 0 unspecified atom stereocenters. The molecule has 1 amide bonds. The van der Waals surface area contributed by atoms with E-state index in [1.165, 1.54) is 13.0 Å². The van der Waals surface area contributed by atoms with Crippen molar-refractivity contribution in [2.24, 2.45) is 10.9 Å². The molecule has 0 aliphatic heterocycles. The van der Waals surface area contributed by atoms with Crippen LogP contribution >= 0.6 is 0 Å². The van der Waals surface area contributed by atoms with Gasteiger partial charge in [0.2, 0.25) is 5.91 Å². The van der Waals surface area contributed by atoms with Crippen LogP contribution in [0.5, 0.6) is 0 Å². The summed E-state index contributed by atoms with van der Waals surface area (Å²) in [6.07, 6.45) is 0. The molecule has 0 atom stereocenters. The van der Waals surface area contributed by atoms with Gasteiger partial charge < -0.3 is 21.6 Å². The first kappa shape index (κ1) is 14.9. The average Bonchev–Trinajstić information content (AvgIpc) is 2.38. The van der Waals surface area contributed by atoms with Crippen LogP contribution in [0.4, 0.5) is 4.39 Å². The molecule has 1 rings (SSSR count). The van der Waals surface area contributed by atoms with Crippen LogP contribution in [0, 0.1) is 5.82 Å². The highest BCUT2D eigenvalue weighted by atomic mass is 19.1. The third kappa shape index (κ3) is 4.92. The summed E-state index contributed by atoms with van der Waals surface area (Å²) in [5.41, 5.74) is 6.15. The summed E-state index contributed by atoms with van der Waals surface area (Å²) in [5.74, 6) is -0.670. The van der Waals surface area contributed by atoms with Gasteiger partial charge in [-0.1, -0.05) is 17.3 Å². The summed E-state index contributed by atoms with van der Waals surface area (Å²) in [6, 6.07) is 4.34. The van der Waals surface area contributed by atoms with E-state index in [0.717, 1.165) is 0 Å². The van der Waals surface area contributed by atoms with Crippen LogP contribution in [-0.2, 0) is 11.3 Å². The maximum atomic E-state index is 13.7. The fourth-order valence-corrected chi connectivity index (χ4v) is 1.46. The summed E-state index contributed by atoms with van der Waals surface area (Å²) in [5, 5.41) is 16.9. The molecule has 7 heteroatoms. The number of hydrogen-bond acceptors (Lipinski definition) is 4. The second-order valence-corrected chi connectivity index (χ2v) is 3.95. The van der Waals surface area contributed by atoms with Crippen molar-refractivity contribution in [1.29, 1.82) is 0 Å². The van der Waals surface area contributed by atoms with E-state index in [2.05, 4.69) is 15.8 Å². The Morgan fingerprint density at radius 1 is 1.47 bits per heavy atom. The van der Waals surface area contributed by atoms with Gasteiger partial charge in [-0.15, -0.1) is 0 Å². The molecule has 0 aliphatic carbocycles. The Morgan fingerprint density at radius 3 is 2.79 bits per heavy atom. The lowest BCUT2D eigenvalue weighted by atomic mass is 10.1. The summed E-state index contributed by atoms with van der Waals surface area (Å²) in [6.45, 7) is 2.80. The van der Waals surface area contributed by atoms with E-state index < -0.39 is 5.82 Å². The smallest absolute Gasteiger partial charge is 0.216 e. The summed E-state index contributed by atoms with van der Waals surface area (Å²) < 4.78 is 13.7. The first-order valence-electron chi connectivity index (χ1n) is 5.76. The number of oxime groups is 1. The molecule has 6 nitrogen and oxygen atoms in total. The van der Waals surface area contributed by atoms with Crippen molar-refractivity contribution in [3.8, 4) is 0 Å². The maximum absolute atomic E-state index is 13.7. The lowest BCUT2D eigenvalue weighted by Crippen LogP contribution is -2.30. The topological polar surface area (TPSA) is 99.7 Å². The van der Waals surface area contributed by atoms with E-state index in [1.807, 2.05) is 0 Å². The van der Waals surface area contributed by atoms with E-state index in [1.54, 1.807) is 12.1 Å². The Kier molecular flexibility index (Phi) is 5.74. The number of amides is 1.